The molecule has 0 fully saturated rings. The highest BCUT2D eigenvalue weighted by atomic mass is 32.1. The van der Waals surface area contributed by atoms with Gasteiger partial charge in [0.05, 0.1) is 16.8 Å². The molecular weight excluding hydrogens is 352 g/mol. The van der Waals surface area contributed by atoms with Crippen LogP contribution in [0, 0.1) is 0 Å². The number of thiazole rings is 1. The monoisotopic (exact) mass is 372 g/mol. The summed E-state index contributed by atoms with van der Waals surface area (Å²) in [6, 6.07) is 7.64. The Morgan fingerprint density at radius 2 is 2.08 bits per heavy atom. The Bertz CT molecular complexity index is 1030. The number of amides is 1. The van der Waals surface area contributed by atoms with E-state index in [4.69, 9.17) is 4.74 Å². The van der Waals surface area contributed by atoms with Gasteiger partial charge in [-0.1, -0.05) is 24.3 Å². The van der Waals surface area contributed by atoms with E-state index in [-0.39, 0.29) is 18.2 Å². The van der Waals surface area contributed by atoms with Gasteiger partial charge in [0.15, 0.2) is 10.5 Å². The van der Waals surface area contributed by atoms with E-state index in [0.717, 1.165) is 16.6 Å². The van der Waals surface area contributed by atoms with Crippen LogP contribution in [0.4, 0.5) is 0 Å². The molecular formula is C18H20N4O3S. The molecule has 0 N–H and O–H groups in total. The van der Waals surface area contributed by atoms with Gasteiger partial charge in [-0.3, -0.25) is 14.3 Å². The molecule has 0 saturated carbocycles. The maximum atomic E-state index is 12.4. The molecule has 2 aromatic heterocycles. The molecule has 3 aromatic rings. The third-order valence-electron chi connectivity index (χ3n) is 3.88. The number of hydrogen-bond donors (Lipinski definition) is 0. The predicted molar refractivity (Wildman–Crippen MR) is 98.9 cm³/mol. The van der Waals surface area contributed by atoms with Crippen molar-refractivity contribution in [2.24, 2.45) is 12.0 Å². The van der Waals surface area contributed by atoms with Crippen molar-refractivity contribution in [3.8, 4) is 0 Å². The van der Waals surface area contributed by atoms with Gasteiger partial charge in [0.25, 0.3) is 5.91 Å². The van der Waals surface area contributed by atoms with E-state index in [9.17, 15) is 9.59 Å². The smallest absolute Gasteiger partial charge is 0.326 e. The van der Waals surface area contributed by atoms with Crippen molar-refractivity contribution >= 4 is 33.4 Å². The fraction of sp³-hybridized carbons (Fsp3) is 0.333. The van der Waals surface area contributed by atoms with Gasteiger partial charge < -0.3 is 9.30 Å². The SMILES string of the molecule is CCOC(=O)Cn1c(=NC(=O)c2ccn(C)n2)sc2cc(CC)ccc21. The highest BCUT2D eigenvalue weighted by Gasteiger charge is 2.14. The number of nitrogens with zero attached hydrogens (tertiary/aromatic N) is 4. The second-order valence-electron chi connectivity index (χ2n) is 5.72. The van der Waals surface area contributed by atoms with Crippen molar-refractivity contribution in [2.75, 3.05) is 6.61 Å². The maximum absolute atomic E-state index is 12.4. The third-order valence-corrected chi connectivity index (χ3v) is 4.92. The average molecular weight is 372 g/mol. The van der Waals surface area contributed by atoms with Crippen LogP contribution in [0.15, 0.2) is 35.5 Å². The number of rotatable bonds is 5. The minimum Gasteiger partial charge on any atom is -0.465 e. The lowest BCUT2D eigenvalue weighted by molar-refractivity contribution is -0.143. The number of aryl methyl sites for hydroxylation is 2. The number of aromatic nitrogens is 3. The Morgan fingerprint density at radius 3 is 2.73 bits per heavy atom. The second kappa shape index (κ2) is 7.65. The molecule has 0 aliphatic heterocycles. The van der Waals surface area contributed by atoms with E-state index in [1.54, 1.807) is 35.5 Å². The van der Waals surface area contributed by atoms with Crippen LogP contribution in [0.5, 0.6) is 0 Å². The van der Waals surface area contributed by atoms with Crippen LogP contribution in [-0.4, -0.2) is 32.8 Å². The highest BCUT2D eigenvalue weighted by molar-refractivity contribution is 7.16. The van der Waals surface area contributed by atoms with Gasteiger partial charge in [-0.25, -0.2) is 0 Å². The molecule has 0 bridgehead atoms. The zero-order valence-electron chi connectivity index (χ0n) is 14.9. The van der Waals surface area contributed by atoms with Gasteiger partial charge >= 0.3 is 5.97 Å². The summed E-state index contributed by atoms with van der Waals surface area (Å²) in [6.45, 7) is 4.16. The average Bonchev–Trinajstić information content (AvgIpc) is 3.19. The van der Waals surface area contributed by atoms with Crippen molar-refractivity contribution in [2.45, 2.75) is 26.8 Å². The van der Waals surface area contributed by atoms with Crippen LogP contribution < -0.4 is 4.80 Å². The van der Waals surface area contributed by atoms with E-state index >= 15 is 0 Å². The molecule has 0 aliphatic carbocycles. The van der Waals surface area contributed by atoms with Crippen molar-refractivity contribution < 1.29 is 14.3 Å². The fourth-order valence-corrected chi connectivity index (χ4v) is 3.68. The van der Waals surface area contributed by atoms with E-state index in [0.29, 0.717) is 11.4 Å². The molecule has 7 nitrogen and oxygen atoms in total. The van der Waals surface area contributed by atoms with Crippen molar-refractivity contribution in [1.82, 2.24) is 14.3 Å². The number of hydrogen-bond acceptors (Lipinski definition) is 5. The summed E-state index contributed by atoms with van der Waals surface area (Å²) in [4.78, 5) is 29.1. The quantitative estimate of drug-likeness (QED) is 0.644. The first-order valence-corrected chi connectivity index (χ1v) is 9.20. The van der Waals surface area contributed by atoms with Crippen LogP contribution in [0.3, 0.4) is 0 Å². The normalized spacial score (nSPS) is 11.9. The Hall–Kier alpha value is -2.74. The summed E-state index contributed by atoms with van der Waals surface area (Å²) in [6.07, 6.45) is 2.60. The third kappa shape index (κ3) is 3.75. The van der Waals surface area contributed by atoms with Crippen molar-refractivity contribution in [3.63, 3.8) is 0 Å². The summed E-state index contributed by atoms with van der Waals surface area (Å²) in [5.41, 5.74) is 2.30. The van der Waals surface area contributed by atoms with E-state index in [2.05, 4.69) is 23.1 Å². The first-order valence-electron chi connectivity index (χ1n) is 8.38. The summed E-state index contributed by atoms with van der Waals surface area (Å²) >= 11 is 1.38. The molecule has 26 heavy (non-hydrogen) atoms. The number of fused-ring (bicyclic) bond motifs is 1. The van der Waals surface area contributed by atoms with Gasteiger partial charge in [-0.05, 0) is 37.1 Å². The van der Waals surface area contributed by atoms with Crippen LogP contribution >= 0.6 is 11.3 Å². The molecule has 0 aliphatic rings. The molecule has 8 heteroatoms. The molecule has 0 spiro atoms. The Kier molecular flexibility index (Phi) is 5.32. The molecule has 0 radical (unpaired) electrons. The van der Waals surface area contributed by atoms with Crippen LogP contribution in [0.1, 0.15) is 29.9 Å². The Balaban J connectivity index is 2.10. The lowest BCUT2D eigenvalue weighted by atomic mass is 10.2. The number of benzene rings is 1. The minimum atomic E-state index is -0.439. The minimum absolute atomic E-state index is 0.00758. The predicted octanol–water partition coefficient (Wildman–Crippen LogP) is 2.30. The van der Waals surface area contributed by atoms with Gasteiger partial charge in [0, 0.05) is 13.2 Å². The summed E-state index contributed by atoms with van der Waals surface area (Å²) in [5, 5.41) is 4.09. The Morgan fingerprint density at radius 1 is 1.27 bits per heavy atom. The molecule has 2 heterocycles. The van der Waals surface area contributed by atoms with Crippen LogP contribution in [0.25, 0.3) is 10.2 Å². The topological polar surface area (TPSA) is 78.5 Å². The van der Waals surface area contributed by atoms with E-state index in [1.807, 2.05) is 12.1 Å². The second-order valence-corrected chi connectivity index (χ2v) is 6.73. The number of carbonyl (C=O) groups excluding carboxylic acids is 2. The van der Waals surface area contributed by atoms with Crippen molar-refractivity contribution in [1.29, 1.82) is 0 Å². The molecule has 3 rings (SSSR count). The maximum Gasteiger partial charge on any atom is 0.326 e. The fourth-order valence-electron chi connectivity index (χ4n) is 2.58. The highest BCUT2D eigenvalue weighted by Crippen LogP contribution is 2.20. The molecule has 0 saturated heterocycles. The van der Waals surface area contributed by atoms with Crippen LogP contribution in [-0.2, 0) is 29.5 Å². The first-order chi connectivity index (χ1) is 12.5. The molecule has 1 amide bonds. The molecule has 0 atom stereocenters. The van der Waals surface area contributed by atoms with Gasteiger partial charge in [0.1, 0.15) is 6.54 Å². The summed E-state index contributed by atoms with van der Waals surface area (Å²) in [5.74, 6) is -0.802. The largest absolute Gasteiger partial charge is 0.465 e. The summed E-state index contributed by atoms with van der Waals surface area (Å²) < 4.78 is 9.30. The number of carbonyl (C=O) groups is 2. The van der Waals surface area contributed by atoms with Crippen molar-refractivity contribution in [3.05, 3.63) is 46.5 Å². The zero-order chi connectivity index (χ0) is 18.7. The van der Waals surface area contributed by atoms with E-state index < -0.39 is 5.91 Å². The first kappa shape index (κ1) is 18.1. The van der Waals surface area contributed by atoms with Gasteiger partial charge in [0.2, 0.25) is 0 Å². The van der Waals surface area contributed by atoms with Gasteiger partial charge in [-0.2, -0.15) is 10.1 Å². The number of ether oxygens (including phenoxy) is 1. The lowest BCUT2D eigenvalue weighted by Gasteiger charge is -2.05. The zero-order valence-corrected chi connectivity index (χ0v) is 15.7. The molecule has 0 unspecified atom stereocenters. The van der Waals surface area contributed by atoms with Gasteiger partial charge in [-0.15, -0.1) is 0 Å². The number of esters is 1. The summed E-state index contributed by atoms with van der Waals surface area (Å²) in [7, 11) is 1.74. The van der Waals surface area contributed by atoms with Crippen LogP contribution in [0.2, 0.25) is 0 Å². The Labute approximate surface area is 154 Å². The molecule has 136 valence electrons. The van der Waals surface area contributed by atoms with E-state index in [1.165, 1.54) is 16.9 Å². The molecule has 1 aromatic carbocycles. The standard InChI is InChI=1S/C18H20N4O3S/c1-4-12-6-7-14-15(10-12)26-18(22(14)11-16(23)25-5-2)19-17(24)13-8-9-21(3)20-13/h6-10H,4-5,11H2,1-3H3. The lowest BCUT2D eigenvalue weighted by Crippen LogP contribution is -2.23.